The van der Waals surface area contributed by atoms with Crippen LogP contribution in [0.15, 0.2) is 18.3 Å². The summed E-state index contributed by atoms with van der Waals surface area (Å²) < 4.78 is 23.4. The third kappa shape index (κ3) is 2.69. The molecule has 1 heterocycles. The molecule has 0 aliphatic rings. The highest BCUT2D eigenvalue weighted by atomic mass is 19.3. The molecule has 0 atom stereocenters. The van der Waals surface area contributed by atoms with Gasteiger partial charge in [-0.15, -0.1) is 0 Å². The number of nitrogens with one attached hydrogen (secondary N) is 1. The van der Waals surface area contributed by atoms with Crippen molar-refractivity contribution in [1.82, 2.24) is 4.98 Å². The van der Waals surface area contributed by atoms with Crippen LogP contribution in [-0.2, 0) is 0 Å². The molecule has 0 fully saturated rings. The minimum Gasteiger partial charge on any atom is -0.397 e. The molecular weight excluding hydrogens is 164 g/mol. The molecule has 0 aromatic carbocycles. The van der Waals surface area contributed by atoms with E-state index in [-0.39, 0.29) is 0 Å². The number of aromatic nitrogens is 1. The summed E-state index contributed by atoms with van der Waals surface area (Å²) in [6, 6.07) is 3.15. The molecule has 12 heavy (non-hydrogen) atoms. The standard InChI is InChI=1S/C7H9F2N3/c8-6(9)4-12-7-2-1-5(10)3-11-7/h1-3,6H,4,10H2,(H,11,12). The van der Waals surface area contributed by atoms with Crippen molar-refractivity contribution in [3.05, 3.63) is 18.3 Å². The Bertz CT molecular complexity index is 235. The zero-order chi connectivity index (χ0) is 8.97. The first kappa shape index (κ1) is 8.70. The van der Waals surface area contributed by atoms with Crippen LogP contribution in [0.1, 0.15) is 0 Å². The Morgan fingerprint density at radius 1 is 1.50 bits per heavy atom. The Hall–Kier alpha value is -1.39. The molecule has 1 rings (SSSR count). The Balaban J connectivity index is 2.48. The predicted molar refractivity (Wildman–Crippen MR) is 43.1 cm³/mol. The fourth-order valence-electron chi connectivity index (χ4n) is 0.692. The zero-order valence-corrected chi connectivity index (χ0v) is 6.30. The van der Waals surface area contributed by atoms with Crippen molar-refractivity contribution in [1.29, 1.82) is 0 Å². The number of pyridine rings is 1. The SMILES string of the molecule is Nc1ccc(NCC(F)F)nc1. The highest BCUT2D eigenvalue weighted by Crippen LogP contribution is 2.06. The predicted octanol–water partition coefficient (Wildman–Crippen LogP) is 1.34. The van der Waals surface area contributed by atoms with Crippen molar-refractivity contribution >= 4 is 11.5 Å². The molecule has 0 spiro atoms. The summed E-state index contributed by atoms with van der Waals surface area (Å²) in [5.41, 5.74) is 5.86. The summed E-state index contributed by atoms with van der Waals surface area (Å²) in [6.45, 7) is -0.392. The molecule has 1 aromatic heterocycles. The van der Waals surface area contributed by atoms with Gasteiger partial charge in [0.2, 0.25) is 0 Å². The molecule has 0 saturated heterocycles. The maximum atomic E-state index is 11.7. The summed E-state index contributed by atoms with van der Waals surface area (Å²) in [7, 11) is 0. The van der Waals surface area contributed by atoms with E-state index in [2.05, 4.69) is 10.3 Å². The van der Waals surface area contributed by atoms with Gasteiger partial charge in [-0.1, -0.05) is 0 Å². The lowest BCUT2D eigenvalue weighted by molar-refractivity contribution is 0.163. The van der Waals surface area contributed by atoms with E-state index in [1.54, 1.807) is 12.1 Å². The van der Waals surface area contributed by atoms with Gasteiger partial charge in [0.1, 0.15) is 5.82 Å². The molecule has 0 bridgehead atoms. The fraction of sp³-hybridized carbons (Fsp3) is 0.286. The van der Waals surface area contributed by atoms with Crippen LogP contribution >= 0.6 is 0 Å². The van der Waals surface area contributed by atoms with Crippen LogP contribution in [0.3, 0.4) is 0 Å². The summed E-state index contributed by atoms with van der Waals surface area (Å²) >= 11 is 0. The average molecular weight is 173 g/mol. The van der Waals surface area contributed by atoms with Crippen LogP contribution in [0.2, 0.25) is 0 Å². The maximum Gasteiger partial charge on any atom is 0.255 e. The smallest absolute Gasteiger partial charge is 0.255 e. The summed E-state index contributed by atoms with van der Waals surface area (Å²) in [5.74, 6) is 0.407. The average Bonchev–Trinajstić information content (AvgIpc) is 2.03. The third-order valence-electron chi connectivity index (χ3n) is 1.22. The van der Waals surface area contributed by atoms with E-state index in [0.29, 0.717) is 11.5 Å². The van der Waals surface area contributed by atoms with Gasteiger partial charge in [0.25, 0.3) is 6.43 Å². The molecule has 0 saturated carbocycles. The lowest BCUT2D eigenvalue weighted by Gasteiger charge is -2.03. The largest absolute Gasteiger partial charge is 0.397 e. The molecule has 0 aliphatic heterocycles. The number of hydrogen-bond acceptors (Lipinski definition) is 3. The lowest BCUT2D eigenvalue weighted by Crippen LogP contribution is -2.11. The number of nitrogens with zero attached hydrogens (tertiary/aromatic N) is 1. The van der Waals surface area contributed by atoms with Gasteiger partial charge in [-0.05, 0) is 12.1 Å². The van der Waals surface area contributed by atoms with Crippen molar-refractivity contribution in [2.24, 2.45) is 0 Å². The van der Waals surface area contributed by atoms with E-state index in [0.717, 1.165) is 0 Å². The Morgan fingerprint density at radius 2 is 2.25 bits per heavy atom. The van der Waals surface area contributed by atoms with Gasteiger partial charge in [0, 0.05) is 0 Å². The Kier molecular flexibility index (Phi) is 2.79. The fourth-order valence-corrected chi connectivity index (χ4v) is 0.692. The van der Waals surface area contributed by atoms with Gasteiger partial charge in [-0.2, -0.15) is 0 Å². The molecule has 0 aliphatic carbocycles. The Morgan fingerprint density at radius 3 is 2.75 bits per heavy atom. The van der Waals surface area contributed by atoms with Gasteiger partial charge < -0.3 is 11.1 Å². The van der Waals surface area contributed by atoms with E-state index in [9.17, 15) is 8.78 Å². The maximum absolute atomic E-state index is 11.7. The topological polar surface area (TPSA) is 50.9 Å². The van der Waals surface area contributed by atoms with Crippen molar-refractivity contribution in [2.75, 3.05) is 17.6 Å². The second kappa shape index (κ2) is 3.85. The minimum atomic E-state index is -2.37. The van der Waals surface area contributed by atoms with Crippen LogP contribution in [-0.4, -0.2) is 18.0 Å². The second-order valence-corrected chi connectivity index (χ2v) is 2.25. The first-order chi connectivity index (χ1) is 5.68. The van der Waals surface area contributed by atoms with Crippen LogP contribution in [0.5, 0.6) is 0 Å². The number of alkyl halides is 2. The van der Waals surface area contributed by atoms with E-state index in [1.165, 1.54) is 6.20 Å². The van der Waals surface area contributed by atoms with Crippen LogP contribution < -0.4 is 11.1 Å². The molecule has 0 amide bonds. The van der Waals surface area contributed by atoms with Gasteiger partial charge in [-0.3, -0.25) is 0 Å². The van der Waals surface area contributed by atoms with Crippen molar-refractivity contribution in [2.45, 2.75) is 6.43 Å². The molecule has 5 heteroatoms. The molecule has 66 valence electrons. The monoisotopic (exact) mass is 173 g/mol. The summed E-state index contributed by atoms with van der Waals surface area (Å²) in [5, 5.41) is 2.45. The van der Waals surface area contributed by atoms with Crippen molar-refractivity contribution < 1.29 is 8.78 Å². The quantitative estimate of drug-likeness (QED) is 0.725. The van der Waals surface area contributed by atoms with Gasteiger partial charge in [0.05, 0.1) is 18.4 Å². The molecule has 1 aromatic rings. The molecule has 3 N–H and O–H groups in total. The highest BCUT2D eigenvalue weighted by Gasteiger charge is 2.01. The van der Waals surface area contributed by atoms with Crippen LogP contribution in [0.4, 0.5) is 20.3 Å². The van der Waals surface area contributed by atoms with Crippen LogP contribution in [0, 0.1) is 0 Å². The first-order valence-electron chi connectivity index (χ1n) is 3.42. The van der Waals surface area contributed by atoms with Gasteiger partial charge in [0.15, 0.2) is 0 Å². The lowest BCUT2D eigenvalue weighted by atomic mass is 10.4. The molecule has 0 radical (unpaired) electrons. The second-order valence-electron chi connectivity index (χ2n) is 2.25. The van der Waals surface area contributed by atoms with E-state index >= 15 is 0 Å². The number of rotatable bonds is 3. The third-order valence-corrected chi connectivity index (χ3v) is 1.22. The summed E-state index contributed by atoms with van der Waals surface area (Å²) in [4.78, 5) is 3.78. The zero-order valence-electron chi connectivity index (χ0n) is 6.30. The normalized spacial score (nSPS) is 10.2. The van der Waals surface area contributed by atoms with E-state index in [4.69, 9.17) is 5.73 Å². The van der Waals surface area contributed by atoms with E-state index in [1.807, 2.05) is 0 Å². The minimum absolute atomic E-state index is 0.392. The molecule has 0 unspecified atom stereocenters. The van der Waals surface area contributed by atoms with Crippen molar-refractivity contribution in [3.8, 4) is 0 Å². The molecular formula is C7H9F2N3. The van der Waals surface area contributed by atoms with Gasteiger partial charge >= 0.3 is 0 Å². The van der Waals surface area contributed by atoms with Crippen LogP contribution in [0.25, 0.3) is 0 Å². The number of anilines is 2. The number of nitrogens with two attached hydrogens (primary N) is 1. The summed E-state index contributed by atoms with van der Waals surface area (Å²) in [6.07, 6.45) is -0.960. The van der Waals surface area contributed by atoms with E-state index < -0.39 is 13.0 Å². The number of nitrogen functional groups attached to an aromatic ring is 1. The molecule has 3 nitrogen and oxygen atoms in total. The number of hydrogen-bond donors (Lipinski definition) is 2. The first-order valence-corrected chi connectivity index (χ1v) is 3.42. The number of halogens is 2. The highest BCUT2D eigenvalue weighted by molar-refractivity contribution is 5.43. The Labute approximate surface area is 68.6 Å². The van der Waals surface area contributed by atoms with Crippen molar-refractivity contribution in [3.63, 3.8) is 0 Å². The van der Waals surface area contributed by atoms with Gasteiger partial charge in [-0.25, -0.2) is 13.8 Å².